The Morgan fingerprint density at radius 1 is 1.10 bits per heavy atom. The Hall–Kier alpha value is -4.65. The summed E-state index contributed by atoms with van der Waals surface area (Å²) in [4.78, 5) is 41.9. The number of hydrogen-bond acceptors (Lipinski definition) is 10. The molecule has 2 fully saturated rings. The van der Waals surface area contributed by atoms with E-state index in [0.29, 0.717) is 29.7 Å². The number of piperidine rings is 1. The number of nitrogens with zero attached hydrogens (tertiary/aromatic N) is 7. The molecule has 3 aliphatic heterocycles. The van der Waals surface area contributed by atoms with Gasteiger partial charge < -0.3 is 16.1 Å². The molecule has 0 radical (unpaired) electrons. The molecule has 0 spiro atoms. The minimum Gasteiger partial charge on any atom is -0.383 e. The van der Waals surface area contributed by atoms with Gasteiger partial charge in [0.2, 0.25) is 0 Å². The molecule has 4 aromatic rings. The van der Waals surface area contributed by atoms with Gasteiger partial charge in [-0.25, -0.2) is 15.4 Å². The molecule has 13 nitrogen and oxygen atoms in total. The van der Waals surface area contributed by atoms with Gasteiger partial charge in [-0.05, 0) is 51.7 Å². The first-order valence-electron chi connectivity index (χ1n) is 13.4. The Labute approximate surface area is 229 Å². The molecule has 2 unspecified atom stereocenters. The number of hydrogen-bond donors (Lipinski definition) is 4. The molecule has 4 aromatic heterocycles. The number of pyridine rings is 1. The number of nitrogens with one attached hydrogen (secondary N) is 3. The Morgan fingerprint density at radius 3 is 2.52 bits per heavy atom. The smallest absolute Gasteiger partial charge is 0.264 e. The third-order valence-electron chi connectivity index (χ3n) is 8.22. The van der Waals surface area contributed by atoms with Crippen LogP contribution < -0.4 is 16.6 Å². The summed E-state index contributed by atoms with van der Waals surface area (Å²) in [5.41, 5.74) is 18.0. The first kappa shape index (κ1) is 24.4. The first-order chi connectivity index (χ1) is 19.4. The van der Waals surface area contributed by atoms with Crippen molar-refractivity contribution in [1.29, 1.82) is 0 Å². The highest BCUT2D eigenvalue weighted by Crippen LogP contribution is 2.45. The molecule has 1 amide bonds. The lowest BCUT2D eigenvalue weighted by Gasteiger charge is -2.40. The fraction of sp³-hybridized carbons (Fsp3) is 0.370. The number of amides is 1. The van der Waals surface area contributed by atoms with Gasteiger partial charge in [-0.3, -0.25) is 19.7 Å². The SMILES string of the molecule is CC(=O)c1c(C2C[C@H]3CC[C@@H](C2)N3C(=O)C2N=CNN2)nc2c(-c3ccc(-c4cc(C)[nH]n4)nc3)cnn2c1N. The van der Waals surface area contributed by atoms with E-state index in [1.807, 2.05) is 30.0 Å². The standard InChI is InChI=1S/C27H29N11O2/c1-13-7-21(35-34-13)20-6-3-15(10-29-20)19-11-32-38-24(28)22(14(2)39)23(33-26(19)38)16-8-17-4-5-18(9-16)37(17)27(40)25-30-12-31-36-25/h3,6-7,10-12,16-18,25,36H,4-5,8-9,28H2,1-2H3,(H,30,31)(H,34,35)/t16?,17-,18+,25?. The Kier molecular flexibility index (Phi) is 5.63. The van der Waals surface area contributed by atoms with Crippen LogP contribution in [0.4, 0.5) is 5.82 Å². The summed E-state index contributed by atoms with van der Waals surface area (Å²) in [6, 6.07) is 5.92. The van der Waals surface area contributed by atoms with E-state index in [-0.39, 0.29) is 35.5 Å². The number of anilines is 1. The number of carbonyl (C=O) groups is 2. The van der Waals surface area contributed by atoms with E-state index in [9.17, 15) is 9.59 Å². The van der Waals surface area contributed by atoms with Gasteiger partial charge in [0.1, 0.15) is 11.5 Å². The van der Waals surface area contributed by atoms with Gasteiger partial charge in [0, 0.05) is 41.0 Å². The van der Waals surface area contributed by atoms with Gasteiger partial charge in [0.15, 0.2) is 17.6 Å². The Bertz CT molecular complexity index is 1660. The fourth-order valence-corrected chi connectivity index (χ4v) is 6.44. The molecule has 5 N–H and O–H groups in total. The lowest BCUT2D eigenvalue weighted by molar-refractivity contribution is -0.137. The number of Topliss-reactive ketones (excluding diaryl/α,β-unsaturated/α-hetero) is 1. The van der Waals surface area contributed by atoms with Crippen LogP contribution in [0.15, 0.2) is 35.6 Å². The second-order valence-corrected chi connectivity index (χ2v) is 10.7. The number of rotatable bonds is 5. The molecule has 204 valence electrons. The van der Waals surface area contributed by atoms with Gasteiger partial charge in [-0.1, -0.05) is 6.07 Å². The van der Waals surface area contributed by atoms with E-state index in [0.717, 1.165) is 41.1 Å². The van der Waals surface area contributed by atoms with Crippen molar-refractivity contribution in [1.82, 2.24) is 45.5 Å². The van der Waals surface area contributed by atoms with E-state index in [2.05, 4.69) is 36.1 Å². The third-order valence-corrected chi connectivity index (χ3v) is 8.22. The number of nitrogen functional groups attached to an aromatic ring is 1. The van der Waals surface area contributed by atoms with Crippen molar-refractivity contribution >= 4 is 29.5 Å². The number of ketones is 1. The zero-order valence-corrected chi connectivity index (χ0v) is 22.1. The highest BCUT2D eigenvalue weighted by atomic mass is 16.2. The van der Waals surface area contributed by atoms with Gasteiger partial charge in [0.25, 0.3) is 5.91 Å². The third kappa shape index (κ3) is 3.84. The Balaban J connectivity index is 1.25. The molecule has 0 aromatic carbocycles. The molecular formula is C27H29N11O2. The quantitative estimate of drug-likeness (QED) is 0.277. The zero-order valence-electron chi connectivity index (χ0n) is 22.1. The molecule has 0 aliphatic carbocycles. The molecule has 13 heteroatoms. The summed E-state index contributed by atoms with van der Waals surface area (Å²) in [7, 11) is 0. The number of nitrogens with two attached hydrogens (primary N) is 1. The van der Waals surface area contributed by atoms with Crippen molar-refractivity contribution in [2.45, 2.75) is 63.7 Å². The second-order valence-electron chi connectivity index (χ2n) is 10.7. The fourth-order valence-electron chi connectivity index (χ4n) is 6.44. The maximum atomic E-state index is 13.2. The van der Waals surface area contributed by atoms with E-state index in [1.54, 1.807) is 12.4 Å². The number of fused-ring (bicyclic) bond motifs is 3. The first-order valence-corrected chi connectivity index (χ1v) is 13.4. The molecule has 7 heterocycles. The number of aromatic amines is 1. The summed E-state index contributed by atoms with van der Waals surface area (Å²) in [6.07, 6.45) is 7.61. The van der Waals surface area contributed by atoms with E-state index in [4.69, 9.17) is 10.7 Å². The molecule has 0 saturated carbocycles. The van der Waals surface area contributed by atoms with E-state index < -0.39 is 6.17 Å². The molecular weight excluding hydrogens is 510 g/mol. The van der Waals surface area contributed by atoms with Crippen molar-refractivity contribution in [3.63, 3.8) is 0 Å². The lowest BCUT2D eigenvalue weighted by Crippen LogP contribution is -2.53. The Morgan fingerprint density at radius 2 is 1.90 bits per heavy atom. The van der Waals surface area contributed by atoms with Crippen LogP contribution in [-0.4, -0.2) is 71.0 Å². The van der Waals surface area contributed by atoms with Crippen LogP contribution in [-0.2, 0) is 4.79 Å². The summed E-state index contributed by atoms with van der Waals surface area (Å²) in [5.74, 6) is 0.0791. The monoisotopic (exact) mass is 539 g/mol. The molecule has 2 bridgehead atoms. The van der Waals surface area contributed by atoms with E-state index in [1.165, 1.54) is 17.8 Å². The largest absolute Gasteiger partial charge is 0.383 e. The maximum Gasteiger partial charge on any atom is 0.264 e. The van der Waals surface area contributed by atoms with Crippen molar-refractivity contribution in [2.24, 2.45) is 4.99 Å². The summed E-state index contributed by atoms with van der Waals surface area (Å²) < 4.78 is 1.53. The van der Waals surface area contributed by atoms with Gasteiger partial charge in [-0.2, -0.15) is 14.7 Å². The molecule has 2 saturated heterocycles. The highest BCUT2D eigenvalue weighted by molar-refractivity contribution is 6.00. The van der Waals surface area contributed by atoms with Crippen LogP contribution >= 0.6 is 0 Å². The highest BCUT2D eigenvalue weighted by Gasteiger charge is 2.46. The van der Waals surface area contributed by atoms with Gasteiger partial charge >= 0.3 is 0 Å². The molecule has 40 heavy (non-hydrogen) atoms. The minimum absolute atomic E-state index is 0.0166. The van der Waals surface area contributed by atoms with Gasteiger partial charge in [0.05, 0.1) is 29.5 Å². The number of H-pyrrole nitrogens is 1. The predicted molar refractivity (Wildman–Crippen MR) is 147 cm³/mol. The number of carbonyl (C=O) groups excluding carboxylic acids is 2. The lowest BCUT2D eigenvalue weighted by atomic mass is 9.85. The summed E-state index contributed by atoms with van der Waals surface area (Å²) in [5, 5.41) is 11.7. The van der Waals surface area contributed by atoms with Crippen molar-refractivity contribution in [3.8, 4) is 22.5 Å². The van der Waals surface area contributed by atoms with E-state index >= 15 is 0 Å². The van der Waals surface area contributed by atoms with Crippen LogP contribution in [0.5, 0.6) is 0 Å². The van der Waals surface area contributed by atoms with Crippen LogP contribution in [0.25, 0.3) is 28.2 Å². The molecule has 4 atom stereocenters. The van der Waals surface area contributed by atoms with Crippen LogP contribution in [0.3, 0.4) is 0 Å². The number of aliphatic imine (C=N–C) groups is 1. The molecule has 3 aliphatic rings. The van der Waals surface area contributed by atoms with Crippen LogP contribution in [0.1, 0.15) is 60.3 Å². The summed E-state index contributed by atoms with van der Waals surface area (Å²) >= 11 is 0. The number of aromatic nitrogens is 6. The number of aryl methyl sites for hydroxylation is 1. The average molecular weight is 540 g/mol. The normalized spacial score (nSPS) is 23.6. The second kappa shape index (κ2) is 9.23. The average Bonchev–Trinajstić information content (AvgIpc) is 3.75. The maximum absolute atomic E-state index is 13.2. The topological polar surface area (TPSA) is 172 Å². The van der Waals surface area contributed by atoms with Crippen LogP contribution in [0.2, 0.25) is 0 Å². The minimum atomic E-state index is -0.607. The predicted octanol–water partition coefficient (Wildman–Crippen LogP) is 1.97. The van der Waals surface area contributed by atoms with Crippen molar-refractivity contribution in [2.75, 3.05) is 5.73 Å². The van der Waals surface area contributed by atoms with Gasteiger partial charge in [-0.15, -0.1) is 0 Å². The number of hydrazine groups is 1. The van der Waals surface area contributed by atoms with Crippen molar-refractivity contribution < 1.29 is 9.59 Å². The van der Waals surface area contributed by atoms with Crippen LogP contribution in [0, 0.1) is 6.92 Å². The molecule has 7 rings (SSSR count). The summed E-state index contributed by atoms with van der Waals surface area (Å²) in [6.45, 7) is 3.45. The zero-order chi connectivity index (χ0) is 27.5. The van der Waals surface area contributed by atoms with Crippen molar-refractivity contribution in [3.05, 3.63) is 47.5 Å².